The van der Waals surface area contributed by atoms with Crippen LogP contribution in [0.1, 0.15) is 49.7 Å². The van der Waals surface area contributed by atoms with E-state index < -0.39 is 11.7 Å². The zero-order valence-electron chi connectivity index (χ0n) is 12.2. The van der Waals surface area contributed by atoms with Crippen LogP contribution in [-0.4, -0.2) is 0 Å². The molecule has 1 aliphatic carbocycles. The highest BCUT2D eigenvalue weighted by atomic mass is 19.4. The lowest BCUT2D eigenvalue weighted by molar-refractivity contribution is -0.137. The minimum atomic E-state index is -4.24. The lowest BCUT2D eigenvalue weighted by atomic mass is 9.78. The van der Waals surface area contributed by atoms with Crippen LogP contribution in [0.5, 0.6) is 0 Å². The highest BCUT2D eigenvalue weighted by Crippen LogP contribution is 2.37. The maximum atomic E-state index is 12.5. The van der Waals surface area contributed by atoms with Gasteiger partial charge in [0, 0.05) is 0 Å². The van der Waals surface area contributed by atoms with Crippen LogP contribution in [0.3, 0.4) is 0 Å². The maximum absolute atomic E-state index is 12.5. The van der Waals surface area contributed by atoms with Gasteiger partial charge < -0.3 is 0 Å². The van der Waals surface area contributed by atoms with Gasteiger partial charge in [-0.15, -0.1) is 0 Å². The number of hydrogen-bond donors (Lipinski definition) is 0. The Morgan fingerprint density at radius 2 is 1.57 bits per heavy atom. The standard InChI is InChI=1S/C18H21F3/c1-2-3-4-5-14-6-8-15(9-7-14)16-10-12-17(13-11-16)18(19,20)21/h2-5,10-15H,6-9H2,1H3. The van der Waals surface area contributed by atoms with Crippen molar-refractivity contribution in [3.63, 3.8) is 0 Å². The van der Waals surface area contributed by atoms with Gasteiger partial charge in [0.25, 0.3) is 0 Å². The number of benzene rings is 1. The van der Waals surface area contributed by atoms with Crippen LogP contribution < -0.4 is 0 Å². The normalized spacial score (nSPS) is 24.0. The zero-order chi connectivity index (χ0) is 15.3. The van der Waals surface area contributed by atoms with E-state index in [1.54, 1.807) is 12.1 Å². The van der Waals surface area contributed by atoms with Crippen molar-refractivity contribution in [1.29, 1.82) is 0 Å². The highest BCUT2D eigenvalue weighted by molar-refractivity contribution is 5.27. The third-order valence-corrected chi connectivity index (χ3v) is 4.17. The molecule has 21 heavy (non-hydrogen) atoms. The second kappa shape index (κ2) is 6.97. The van der Waals surface area contributed by atoms with Crippen molar-refractivity contribution in [1.82, 2.24) is 0 Å². The first-order valence-electron chi connectivity index (χ1n) is 7.47. The van der Waals surface area contributed by atoms with E-state index in [0.29, 0.717) is 11.8 Å². The summed E-state index contributed by atoms with van der Waals surface area (Å²) in [5.41, 5.74) is 0.480. The second-order valence-corrected chi connectivity index (χ2v) is 5.64. The second-order valence-electron chi connectivity index (χ2n) is 5.64. The number of alkyl halides is 3. The Kier molecular flexibility index (Phi) is 5.27. The Hall–Kier alpha value is -1.51. The summed E-state index contributed by atoms with van der Waals surface area (Å²) in [6.45, 7) is 1.99. The monoisotopic (exact) mass is 294 g/mol. The van der Waals surface area contributed by atoms with Crippen LogP contribution in [0, 0.1) is 5.92 Å². The molecule has 0 bridgehead atoms. The zero-order valence-corrected chi connectivity index (χ0v) is 12.2. The van der Waals surface area contributed by atoms with Crippen molar-refractivity contribution in [2.75, 3.05) is 0 Å². The molecule has 0 atom stereocenters. The number of allylic oxidation sites excluding steroid dienone is 4. The highest BCUT2D eigenvalue weighted by Gasteiger charge is 2.30. The summed E-state index contributed by atoms with van der Waals surface area (Å²) >= 11 is 0. The van der Waals surface area contributed by atoms with E-state index in [1.165, 1.54) is 12.1 Å². The SMILES string of the molecule is CC=CC=CC1CCC(c2ccc(C(F)(F)F)cc2)CC1. The molecule has 0 heterocycles. The van der Waals surface area contributed by atoms with E-state index in [-0.39, 0.29) is 0 Å². The number of halogens is 3. The van der Waals surface area contributed by atoms with E-state index >= 15 is 0 Å². The predicted octanol–water partition coefficient (Wildman–Crippen LogP) is 6.11. The van der Waals surface area contributed by atoms with Gasteiger partial charge in [0.15, 0.2) is 0 Å². The Balaban J connectivity index is 1.93. The van der Waals surface area contributed by atoms with Crippen molar-refractivity contribution < 1.29 is 13.2 Å². The van der Waals surface area contributed by atoms with E-state index in [0.717, 1.165) is 31.2 Å². The van der Waals surface area contributed by atoms with Gasteiger partial charge in [-0.1, -0.05) is 36.4 Å². The van der Waals surface area contributed by atoms with Crippen LogP contribution in [0.4, 0.5) is 13.2 Å². The molecular formula is C18H21F3. The fraction of sp³-hybridized carbons (Fsp3) is 0.444. The molecule has 1 saturated carbocycles. The van der Waals surface area contributed by atoms with E-state index in [1.807, 2.05) is 19.1 Å². The van der Waals surface area contributed by atoms with Crippen LogP contribution in [0.2, 0.25) is 0 Å². The summed E-state index contributed by atoms with van der Waals surface area (Å²) in [6, 6.07) is 5.69. The Morgan fingerprint density at radius 3 is 2.10 bits per heavy atom. The van der Waals surface area contributed by atoms with Gasteiger partial charge in [0.05, 0.1) is 5.56 Å². The van der Waals surface area contributed by atoms with Crippen LogP contribution >= 0.6 is 0 Å². The summed E-state index contributed by atoms with van der Waals surface area (Å²) < 4.78 is 37.6. The van der Waals surface area contributed by atoms with Crippen molar-refractivity contribution >= 4 is 0 Å². The summed E-state index contributed by atoms with van der Waals surface area (Å²) in [6.07, 6.45) is 8.44. The quantitative estimate of drug-likeness (QED) is 0.590. The first-order valence-corrected chi connectivity index (χ1v) is 7.47. The van der Waals surface area contributed by atoms with Crippen molar-refractivity contribution in [2.24, 2.45) is 5.92 Å². The van der Waals surface area contributed by atoms with E-state index in [4.69, 9.17) is 0 Å². The molecule has 0 aliphatic heterocycles. The lowest BCUT2D eigenvalue weighted by Gasteiger charge is -2.27. The topological polar surface area (TPSA) is 0 Å². The van der Waals surface area contributed by atoms with Crippen molar-refractivity contribution in [3.05, 3.63) is 59.7 Å². The summed E-state index contributed by atoms with van der Waals surface area (Å²) in [7, 11) is 0. The molecule has 0 unspecified atom stereocenters. The Morgan fingerprint density at radius 1 is 0.952 bits per heavy atom. The molecule has 0 N–H and O–H groups in total. The molecule has 0 spiro atoms. The molecule has 1 aliphatic rings. The Labute approximate surface area is 124 Å². The smallest absolute Gasteiger partial charge is 0.166 e. The molecule has 0 amide bonds. The number of rotatable bonds is 3. The third kappa shape index (κ3) is 4.48. The van der Waals surface area contributed by atoms with Crippen LogP contribution in [-0.2, 0) is 6.18 Å². The summed E-state index contributed by atoms with van der Waals surface area (Å²) in [5, 5.41) is 0. The first kappa shape index (κ1) is 15.9. The fourth-order valence-electron chi connectivity index (χ4n) is 2.92. The van der Waals surface area contributed by atoms with Gasteiger partial charge in [-0.3, -0.25) is 0 Å². The average Bonchev–Trinajstić information content (AvgIpc) is 2.48. The molecule has 0 aromatic heterocycles. The predicted molar refractivity (Wildman–Crippen MR) is 80.1 cm³/mol. The van der Waals surface area contributed by atoms with Gasteiger partial charge in [0.1, 0.15) is 0 Å². The van der Waals surface area contributed by atoms with Crippen molar-refractivity contribution in [2.45, 2.75) is 44.7 Å². The molecule has 1 aromatic carbocycles. The molecule has 1 fully saturated rings. The molecule has 2 rings (SSSR count). The minimum absolute atomic E-state index is 0.402. The maximum Gasteiger partial charge on any atom is 0.416 e. The van der Waals surface area contributed by atoms with Crippen LogP contribution in [0.25, 0.3) is 0 Å². The van der Waals surface area contributed by atoms with E-state index in [9.17, 15) is 13.2 Å². The molecule has 0 saturated heterocycles. The largest absolute Gasteiger partial charge is 0.416 e. The lowest BCUT2D eigenvalue weighted by Crippen LogP contribution is -2.12. The van der Waals surface area contributed by atoms with Crippen LogP contribution in [0.15, 0.2) is 48.6 Å². The van der Waals surface area contributed by atoms with Gasteiger partial charge >= 0.3 is 6.18 Å². The molecule has 114 valence electrons. The molecule has 0 radical (unpaired) electrons. The fourth-order valence-corrected chi connectivity index (χ4v) is 2.92. The van der Waals surface area contributed by atoms with Crippen molar-refractivity contribution in [3.8, 4) is 0 Å². The first-order chi connectivity index (χ1) is 10.0. The third-order valence-electron chi connectivity index (χ3n) is 4.17. The molecule has 1 aromatic rings. The van der Waals surface area contributed by atoms with Gasteiger partial charge in [0.2, 0.25) is 0 Å². The number of hydrogen-bond acceptors (Lipinski definition) is 0. The summed E-state index contributed by atoms with van der Waals surface area (Å²) in [5.74, 6) is 1.01. The molecule has 0 nitrogen and oxygen atoms in total. The van der Waals surface area contributed by atoms with Gasteiger partial charge in [-0.2, -0.15) is 13.2 Å². The minimum Gasteiger partial charge on any atom is -0.166 e. The van der Waals surface area contributed by atoms with E-state index in [2.05, 4.69) is 12.2 Å². The Bertz CT molecular complexity index is 486. The molecule has 3 heteroatoms. The van der Waals surface area contributed by atoms with Gasteiger partial charge in [-0.05, 0) is 62.1 Å². The molecular weight excluding hydrogens is 273 g/mol. The average molecular weight is 294 g/mol. The van der Waals surface area contributed by atoms with Gasteiger partial charge in [-0.25, -0.2) is 0 Å². The summed E-state index contributed by atoms with van der Waals surface area (Å²) in [4.78, 5) is 0.